The maximum atomic E-state index is 9.71. The van der Waals surface area contributed by atoms with Crippen molar-refractivity contribution in [1.29, 1.82) is 0 Å². The topological polar surface area (TPSA) is 29.5 Å². The van der Waals surface area contributed by atoms with Crippen LogP contribution in [-0.2, 0) is 4.74 Å². The van der Waals surface area contributed by atoms with Crippen molar-refractivity contribution in [3.63, 3.8) is 0 Å². The molecule has 2 heteroatoms. The SMILES string of the molecule is OCC1(C2CCCCCC2)CCCOC1. The molecule has 88 valence electrons. The van der Waals surface area contributed by atoms with E-state index in [9.17, 15) is 5.11 Å². The van der Waals surface area contributed by atoms with Crippen LogP contribution in [0, 0.1) is 11.3 Å². The van der Waals surface area contributed by atoms with E-state index in [-0.39, 0.29) is 5.41 Å². The monoisotopic (exact) mass is 212 g/mol. The van der Waals surface area contributed by atoms with Crippen molar-refractivity contribution in [2.45, 2.75) is 51.4 Å². The van der Waals surface area contributed by atoms with Crippen molar-refractivity contribution in [1.82, 2.24) is 0 Å². The van der Waals surface area contributed by atoms with E-state index in [2.05, 4.69) is 0 Å². The number of aliphatic hydroxyl groups is 1. The first-order valence-electron chi connectivity index (χ1n) is 6.56. The zero-order valence-corrected chi connectivity index (χ0v) is 9.71. The summed E-state index contributed by atoms with van der Waals surface area (Å²) in [5.74, 6) is 0.713. The molecule has 0 aromatic rings. The van der Waals surface area contributed by atoms with Crippen LogP contribution in [0.1, 0.15) is 51.4 Å². The third-order valence-corrected chi connectivity index (χ3v) is 4.39. The van der Waals surface area contributed by atoms with Gasteiger partial charge in [-0.2, -0.15) is 0 Å². The molecule has 2 nitrogen and oxygen atoms in total. The Kier molecular flexibility index (Phi) is 4.04. The van der Waals surface area contributed by atoms with E-state index < -0.39 is 0 Å². The van der Waals surface area contributed by atoms with Crippen molar-refractivity contribution < 1.29 is 9.84 Å². The lowest BCUT2D eigenvalue weighted by molar-refractivity contribution is -0.0759. The lowest BCUT2D eigenvalue weighted by Crippen LogP contribution is -2.41. The quantitative estimate of drug-likeness (QED) is 0.713. The summed E-state index contributed by atoms with van der Waals surface area (Å²) in [6.45, 7) is 2.03. The molecule has 0 aromatic heterocycles. The molecule has 0 bridgehead atoms. The molecule has 2 rings (SSSR count). The van der Waals surface area contributed by atoms with Gasteiger partial charge in [-0.25, -0.2) is 0 Å². The number of hydrogen-bond acceptors (Lipinski definition) is 2. The van der Waals surface area contributed by atoms with Gasteiger partial charge in [-0.3, -0.25) is 0 Å². The van der Waals surface area contributed by atoms with Gasteiger partial charge in [-0.05, 0) is 31.6 Å². The van der Waals surface area contributed by atoms with Crippen LogP contribution in [0.15, 0.2) is 0 Å². The predicted molar refractivity (Wildman–Crippen MR) is 60.8 cm³/mol. The van der Waals surface area contributed by atoms with Crippen LogP contribution in [0.25, 0.3) is 0 Å². The summed E-state index contributed by atoms with van der Waals surface area (Å²) >= 11 is 0. The molecular formula is C13H24O2. The number of ether oxygens (including phenoxy) is 1. The largest absolute Gasteiger partial charge is 0.396 e. The van der Waals surface area contributed by atoms with Crippen molar-refractivity contribution in [3.05, 3.63) is 0 Å². The number of hydrogen-bond donors (Lipinski definition) is 1. The van der Waals surface area contributed by atoms with Crippen LogP contribution in [-0.4, -0.2) is 24.9 Å². The van der Waals surface area contributed by atoms with Gasteiger partial charge >= 0.3 is 0 Å². The molecule has 2 aliphatic rings. The molecule has 1 saturated heterocycles. The van der Waals surface area contributed by atoms with Crippen molar-refractivity contribution in [2.75, 3.05) is 19.8 Å². The smallest absolute Gasteiger partial charge is 0.0547 e. The molecule has 1 saturated carbocycles. The van der Waals surface area contributed by atoms with Crippen molar-refractivity contribution in [2.24, 2.45) is 11.3 Å². The molecule has 1 aliphatic carbocycles. The Morgan fingerprint density at radius 3 is 2.33 bits per heavy atom. The fourth-order valence-electron chi connectivity index (χ4n) is 3.34. The molecule has 0 radical (unpaired) electrons. The van der Waals surface area contributed by atoms with Crippen LogP contribution >= 0.6 is 0 Å². The minimum atomic E-state index is 0.114. The normalized spacial score (nSPS) is 35.0. The van der Waals surface area contributed by atoms with Crippen LogP contribution in [0.2, 0.25) is 0 Å². The van der Waals surface area contributed by atoms with E-state index in [1.54, 1.807) is 0 Å². The van der Waals surface area contributed by atoms with Gasteiger partial charge in [0.15, 0.2) is 0 Å². The fraction of sp³-hybridized carbons (Fsp3) is 1.00. The highest BCUT2D eigenvalue weighted by atomic mass is 16.5. The third-order valence-electron chi connectivity index (χ3n) is 4.39. The highest BCUT2D eigenvalue weighted by Crippen LogP contribution is 2.42. The van der Waals surface area contributed by atoms with E-state index in [0.29, 0.717) is 12.5 Å². The summed E-state index contributed by atoms with van der Waals surface area (Å²) in [5, 5.41) is 9.71. The summed E-state index contributed by atoms with van der Waals surface area (Å²) in [6, 6.07) is 0. The molecule has 15 heavy (non-hydrogen) atoms. The van der Waals surface area contributed by atoms with E-state index in [0.717, 1.165) is 19.6 Å². The first kappa shape index (κ1) is 11.4. The third kappa shape index (κ3) is 2.54. The average Bonchev–Trinajstić information content (AvgIpc) is 2.59. The summed E-state index contributed by atoms with van der Waals surface area (Å²) in [4.78, 5) is 0. The van der Waals surface area contributed by atoms with E-state index in [4.69, 9.17) is 4.74 Å². The lowest BCUT2D eigenvalue weighted by Gasteiger charge is -2.42. The molecular weight excluding hydrogens is 188 g/mol. The Hall–Kier alpha value is -0.0800. The van der Waals surface area contributed by atoms with Crippen LogP contribution in [0.3, 0.4) is 0 Å². The zero-order chi connectivity index (χ0) is 10.6. The first-order valence-corrected chi connectivity index (χ1v) is 6.56. The van der Waals surface area contributed by atoms with Gasteiger partial charge in [0.1, 0.15) is 0 Å². The molecule has 1 aliphatic heterocycles. The van der Waals surface area contributed by atoms with Gasteiger partial charge in [0.25, 0.3) is 0 Å². The van der Waals surface area contributed by atoms with Crippen LogP contribution in [0.5, 0.6) is 0 Å². The van der Waals surface area contributed by atoms with Gasteiger partial charge in [0, 0.05) is 12.0 Å². The summed E-state index contributed by atoms with van der Waals surface area (Å²) in [7, 11) is 0. The van der Waals surface area contributed by atoms with E-state index in [1.165, 1.54) is 44.9 Å². The van der Waals surface area contributed by atoms with E-state index in [1.807, 2.05) is 0 Å². The Bertz CT molecular complexity index is 177. The molecule has 0 spiro atoms. The highest BCUT2D eigenvalue weighted by Gasteiger charge is 2.39. The van der Waals surface area contributed by atoms with Crippen LogP contribution < -0.4 is 0 Å². The Labute approximate surface area is 93.0 Å². The standard InChI is InChI=1S/C13H24O2/c14-10-13(8-5-9-15-11-13)12-6-3-1-2-4-7-12/h12,14H,1-11H2. The molecule has 2 fully saturated rings. The number of rotatable bonds is 2. The van der Waals surface area contributed by atoms with Gasteiger partial charge < -0.3 is 9.84 Å². The van der Waals surface area contributed by atoms with Gasteiger partial charge in [-0.15, -0.1) is 0 Å². The fourth-order valence-corrected chi connectivity index (χ4v) is 3.34. The summed E-state index contributed by atoms with van der Waals surface area (Å²) in [5.41, 5.74) is 0.114. The lowest BCUT2D eigenvalue weighted by atomic mass is 9.69. The zero-order valence-electron chi connectivity index (χ0n) is 9.71. The average molecular weight is 212 g/mol. The second kappa shape index (κ2) is 5.31. The van der Waals surface area contributed by atoms with E-state index >= 15 is 0 Å². The molecule has 0 amide bonds. The first-order chi connectivity index (χ1) is 7.37. The Morgan fingerprint density at radius 1 is 1.07 bits per heavy atom. The van der Waals surface area contributed by atoms with Gasteiger partial charge in [0.2, 0.25) is 0 Å². The highest BCUT2D eigenvalue weighted by molar-refractivity contribution is 4.88. The Balaban J connectivity index is 2.01. The second-order valence-corrected chi connectivity index (χ2v) is 5.37. The van der Waals surface area contributed by atoms with Gasteiger partial charge in [-0.1, -0.05) is 25.7 Å². The Morgan fingerprint density at radius 2 is 1.80 bits per heavy atom. The summed E-state index contributed by atoms with van der Waals surface area (Å²) in [6.07, 6.45) is 10.4. The molecule has 0 aromatic carbocycles. The molecule has 1 heterocycles. The maximum absolute atomic E-state index is 9.71. The maximum Gasteiger partial charge on any atom is 0.0547 e. The summed E-state index contributed by atoms with van der Waals surface area (Å²) < 4.78 is 5.61. The van der Waals surface area contributed by atoms with Crippen molar-refractivity contribution >= 4 is 0 Å². The van der Waals surface area contributed by atoms with Crippen molar-refractivity contribution in [3.8, 4) is 0 Å². The molecule has 1 atom stereocenters. The van der Waals surface area contributed by atoms with Gasteiger partial charge in [0.05, 0.1) is 13.2 Å². The second-order valence-electron chi connectivity index (χ2n) is 5.37. The molecule has 1 N–H and O–H groups in total. The number of aliphatic hydroxyl groups excluding tert-OH is 1. The van der Waals surface area contributed by atoms with Crippen LogP contribution in [0.4, 0.5) is 0 Å². The minimum absolute atomic E-state index is 0.114. The predicted octanol–water partition coefficient (Wildman–Crippen LogP) is 2.75. The minimum Gasteiger partial charge on any atom is -0.396 e. The molecule has 1 unspecified atom stereocenters.